The van der Waals surface area contributed by atoms with E-state index in [1.54, 1.807) is 0 Å². The molecule has 2 rings (SSSR count). The van der Waals surface area contributed by atoms with Crippen LogP contribution in [-0.4, -0.2) is 18.3 Å². The van der Waals surface area contributed by atoms with Crippen molar-refractivity contribution in [3.05, 3.63) is 52.4 Å². The van der Waals surface area contributed by atoms with Gasteiger partial charge in [-0.05, 0) is 45.4 Å². The SMILES string of the molecule is CC1(C)OB(/C=C/C=C/c2ccc(Br)cc2)OC1(C)C. The van der Waals surface area contributed by atoms with Gasteiger partial charge in [0.1, 0.15) is 0 Å². The normalized spacial score (nSPS) is 21.1. The molecular weight excluding hydrogens is 315 g/mol. The molecule has 1 aromatic carbocycles. The fourth-order valence-electron chi connectivity index (χ4n) is 1.86. The average Bonchev–Trinajstić information content (AvgIpc) is 2.56. The Kier molecular flexibility index (Phi) is 4.57. The molecular formula is C16H20BBrO2. The van der Waals surface area contributed by atoms with Gasteiger partial charge in [0, 0.05) is 4.47 Å². The van der Waals surface area contributed by atoms with Crippen molar-refractivity contribution in [2.75, 3.05) is 0 Å². The fourth-order valence-corrected chi connectivity index (χ4v) is 2.13. The Balaban J connectivity index is 1.93. The number of halogens is 1. The van der Waals surface area contributed by atoms with Crippen molar-refractivity contribution in [1.29, 1.82) is 0 Å². The van der Waals surface area contributed by atoms with Gasteiger partial charge < -0.3 is 9.31 Å². The summed E-state index contributed by atoms with van der Waals surface area (Å²) < 4.78 is 12.9. The minimum absolute atomic E-state index is 0.280. The highest BCUT2D eigenvalue weighted by atomic mass is 79.9. The van der Waals surface area contributed by atoms with Gasteiger partial charge in [-0.2, -0.15) is 0 Å². The Morgan fingerprint density at radius 3 is 2.05 bits per heavy atom. The van der Waals surface area contributed by atoms with E-state index in [4.69, 9.17) is 9.31 Å². The summed E-state index contributed by atoms with van der Waals surface area (Å²) in [5.41, 5.74) is 0.598. The van der Waals surface area contributed by atoms with E-state index in [1.165, 1.54) is 0 Å². The van der Waals surface area contributed by atoms with Gasteiger partial charge in [-0.1, -0.05) is 52.3 Å². The summed E-state index contributed by atoms with van der Waals surface area (Å²) >= 11 is 3.42. The summed E-state index contributed by atoms with van der Waals surface area (Å²) in [6, 6.07) is 8.17. The molecule has 0 saturated carbocycles. The highest BCUT2D eigenvalue weighted by molar-refractivity contribution is 9.10. The van der Waals surface area contributed by atoms with Gasteiger partial charge in [-0.15, -0.1) is 0 Å². The molecule has 0 atom stereocenters. The van der Waals surface area contributed by atoms with Crippen LogP contribution in [0.3, 0.4) is 0 Å². The summed E-state index contributed by atoms with van der Waals surface area (Å²) in [7, 11) is -0.283. The number of allylic oxidation sites excluding steroid dienone is 2. The Morgan fingerprint density at radius 1 is 0.950 bits per heavy atom. The number of rotatable bonds is 3. The smallest absolute Gasteiger partial charge is 0.400 e. The van der Waals surface area contributed by atoms with Gasteiger partial charge in [0.2, 0.25) is 0 Å². The molecule has 0 radical (unpaired) electrons. The van der Waals surface area contributed by atoms with Crippen LogP contribution in [0.25, 0.3) is 6.08 Å². The first-order chi connectivity index (χ1) is 9.30. The second kappa shape index (κ2) is 5.88. The van der Waals surface area contributed by atoms with Crippen LogP contribution in [0.15, 0.2) is 46.9 Å². The van der Waals surface area contributed by atoms with Crippen LogP contribution in [0.2, 0.25) is 0 Å². The van der Waals surface area contributed by atoms with Crippen molar-refractivity contribution >= 4 is 29.1 Å². The molecule has 1 aromatic rings. The molecule has 1 fully saturated rings. The van der Waals surface area contributed by atoms with E-state index in [1.807, 2.05) is 36.3 Å². The largest absolute Gasteiger partial charge is 0.487 e. The highest BCUT2D eigenvalue weighted by Gasteiger charge is 2.49. The van der Waals surface area contributed by atoms with Gasteiger partial charge in [0.05, 0.1) is 11.2 Å². The predicted molar refractivity (Wildman–Crippen MR) is 88.4 cm³/mol. The van der Waals surface area contributed by atoms with E-state index in [9.17, 15) is 0 Å². The summed E-state index contributed by atoms with van der Waals surface area (Å²) in [6.45, 7) is 8.22. The standard InChI is InChI=1S/C16H20BBrO2/c1-15(2)16(3,4)20-17(19-15)12-6-5-7-13-8-10-14(18)11-9-13/h5-12H,1-4H3/b7-5+,12-6+. The van der Waals surface area contributed by atoms with Crippen molar-refractivity contribution in [2.45, 2.75) is 38.9 Å². The molecule has 0 unspecified atom stereocenters. The zero-order valence-corrected chi connectivity index (χ0v) is 14.0. The molecule has 20 heavy (non-hydrogen) atoms. The van der Waals surface area contributed by atoms with E-state index in [2.05, 4.69) is 55.8 Å². The maximum atomic E-state index is 5.88. The Bertz CT molecular complexity index is 502. The molecule has 0 amide bonds. The van der Waals surface area contributed by atoms with Crippen LogP contribution in [0.4, 0.5) is 0 Å². The first-order valence-corrected chi connectivity index (χ1v) is 7.56. The number of hydrogen-bond donors (Lipinski definition) is 0. The van der Waals surface area contributed by atoms with Gasteiger partial charge in [-0.3, -0.25) is 0 Å². The lowest BCUT2D eigenvalue weighted by molar-refractivity contribution is 0.00578. The molecule has 1 aliphatic rings. The third kappa shape index (κ3) is 3.63. The van der Waals surface area contributed by atoms with Crippen molar-refractivity contribution in [3.63, 3.8) is 0 Å². The molecule has 0 spiro atoms. The van der Waals surface area contributed by atoms with Crippen molar-refractivity contribution < 1.29 is 9.31 Å². The lowest BCUT2D eigenvalue weighted by Crippen LogP contribution is -2.41. The average molecular weight is 335 g/mol. The molecule has 0 aromatic heterocycles. The molecule has 0 N–H and O–H groups in total. The third-order valence-corrected chi connectivity index (χ3v) is 4.34. The maximum absolute atomic E-state index is 5.88. The van der Waals surface area contributed by atoms with Crippen LogP contribution in [-0.2, 0) is 9.31 Å². The Morgan fingerprint density at radius 2 is 1.50 bits per heavy atom. The van der Waals surface area contributed by atoms with Crippen LogP contribution in [0.5, 0.6) is 0 Å². The molecule has 2 nitrogen and oxygen atoms in total. The summed E-state index contributed by atoms with van der Waals surface area (Å²) in [6.07, 6.45) is 6.01. The molecule has 0 aliphatic carbocycles. The van der Waals surface area contributed by atoms with Crippen LogP contribution >= 0.6 is 15.9 Å². The summed E-state index contributed by atoms with van der Waals surface area (Å²) in [4.78, 5) is 0. The van der Waals surface area contributed by atoms with E-state index in [0.29, 0.717) is 0 Å². The summed E-state index contributed by atoms with van der Waals surface area (Å²) in [5.74, 6) is 1.94. The molecule has 1 aliphatic heterocycles. The molecule has 106 valence electrons. The minimum atomic E-state index is -0.283. The van der Waals surface area contributed by atoms with Crippen LogP contribution < -0.4 is 0 Å². The van der Waals surface area contributed by atoms with E-state index < -0.39 is 0 Å². The first kappa shape index (κ1) is 15.6. The second-order valence-electron chi connectivity index (χ2n) is 5.92. The quantitative estimate of drug-likeness (QED) is 0.591. The zero-order valence-electron chi connectivity index (χ0n) is 12.4. The highest BCUT2D eigenvalue weighted by Crippen LogP contribution is 2.36. The number of hydrogen-bond acceptors (Lipinski definition) is 2. The van der Waals surface area contributed by atoms with Crippen molar-refractivity contribution in [2.24, 2.45) is 0 Å². The Hall–Kier alpha value is -0.835. The van der Waals surface area contributed by atoms with E-state index >= 15 is 0 Å². The molecule has 1 heterocycles. The maximum Gasteiger partial charge on any atom is 0.487 e. The van der Waals surface area contributed by atoms with Gasteiger partial charge in [0.15, 0.2) is 0 Å². The lowest BCUT2D eigenvalue weighted by Gasteiger charge is -2.32. The molecule has 0 bridgehead atoms. The molecule has 1 saturated heterocycles. The van der Waals surface area contributed by atoms with E-state index in [-0.39, 0.29) is 18.3 Å². The molecule has 4 heteroatoms. The topological polar surface area (TPSA) is 18.5 Å². The monoisotopic (exact) mass is 334 g/mol. The van der Waals surface area contributed by atoms with Gasteiger partial charge >= 0.3 is 7.12 Å². The number of benzene rings is 1. The summed E-state index contributed by atoms with van der Waals surface area (Å²) in [5, 5.41) is 0. The first-order valence-electron chi connectivity index (χ1n) is 6.76. The van der Waals surface area contributed by atoms with Crippen LogP contribution in [0, 0.1) is 0 Å². The van der Waals surface area contributed by atoms with Gasteiger partial charge in [-0.25, -0.2) is 0 Å². The van der Waals surface area contributed by atoms with Crippen molar-refractivity contribution in [3.8, 4) is 0 Å². The third-order valence-electron chi connectivity index (χ3n) is 3.81. The van der Waals surface area contributed by atoms with E-state index in [0.717, 1.165) is 10.0 Å². The second-order valence-corrected chi connectivity index (χ2v) is 6.84. The predicted octanol–water partition coefficient (Wildman–Crippen LogP) is 4.65. The zero-order chi connectivity index (χ0) is 14.8. The fraction of sp³-hybridized carbons (Fsp3) is 0.375. The van der Waals surface area contributed by atoms with Crippen LogP contribution in [0.1, 0.15) is 33.3 Å². The van der Waals surface area contributed by atoms with Crippen molar-refractivity contribution in [1.82, 2.24) is 0 Å². The Labute approximate surface area is 130 Å². The minimum Gasteiger partial charge on any atom is -0.400 e. The van der Waals surface area contributed by atoms with Gasteiger partial charge in [0.25, 0.3) is 0 Å². The lowest BCUT2D eigenvalue weighted by atomic mass is 9.90.